The van der Waals surface area contributed by atoms with Crippen LogP contribution in [-0.2, 0) is 4.79 Å². The van der Waals surface area contributed by atoms with Gasteiger partial charge >= 0.3 is 0 Å². The number of pyridine rings is 2. The van der Waals surface area contributed by atoms with Crippen LogP contribution in [0.3, 0.4) is 0 Å². The number of aromatic amines is 1. The smallest absolute Gasteiger partial charge is 0.256 e. The molecule has 5 heterocycles. The van der Waals surface area contributed by atoms with E-state index in [-0.39, 0.29) is 29.8 Å². The summed E-state index contributed by atoms with van der Waals surface area (Å²) < 4.78 is 0. The van der Waals surface area contributed by atoms with E-state index >= 15 is 0 Å². The zero-order valence-electron chi connectivity index (χ0n) is 18.1. The molecule has 1 saturated carbocycles. The number of piperidine rings is 1. The minimum atomic E-state index is 0.00284. The van der Waals surface area contributed by atoms with E-state index < -0.39 is 0 Å². The molecule has 6 rings (SSSR count). The Labute approximate surface area is 196 Å². The third kappa shape index (κ3) is 3.80. The van der Waals surface area contributed by atoms with E-state index in [0.717, 1.165) is 55.1 Å². The molecule has 8 heteroatoms. The molecule has 3 aliphatic rings. The van der Waals surface area contributed by atoms with E-state index in [9.17, 15) is 9.59 Å². The van der Waals surface area contributed by atoms with Crippen LogP contribution in [0.1, 0.15) is 54.4 Å². The Balaban J connectivity index is 1.35. The van der Waals surface area contributed by atoms with Gasteiger partial charge in [0.2, 0.25) is 5.91 Å². The van der Waals surface area contributed by atoms with E-state index in [0.29, 0.717) is 16.5 Å². The molecule has 2 bridgehead atoms. The third-order valence-corrected chi connectivity index (χ3v) is 7.14. The maximum absolute atomic E-state index is 13.3. The standard InChI is InChI=1S/C25H24ClN5O2/c26-21-7-6-15(13-28-21)25(33)31-17-2-1-3-18(31)11-16(10-17)20-12-22(30-24(32)14-4-5-14)29-23-19(20)8-9-27-23/h6-10,12-14,17-18H,1-5,11H2,(H2,27,29,30,32). The van der Waals surface area contributed by atoms with Gasteiger partial charge in [0.15, 0.2) is 0 Å². The van der Waals surface area contributed by atoms with E-state index in [1.54, 1.807) is 18.3 Å². The predicted molar refractivity (Wildman–Crippen MR) is 127 cm³/mol. The molecule has 2 N–H and O–H groups in total. The molecule has 2 atom stereocenters. The second-order valence-electron chi connectivity index (χ2n) is 9.19. The number of aromatic nitrogens is 3. The Kier molecular flexibility index (Phi) is 4.94. The lowest BCUT2D eigenvalue weighted by Crippen LogP contribution is -2.51. The van der Waals surface area contributed by atoms with E-state index in [1.807, 2.05) is 23.2 Å². The van der Waals surface area contributed by atoms with Crippen LogP contribution in [0, 0.1) is 5.92 Å². The molecular formula is C25H24ClN5O2. The number of carbonyl (C=O) groups excluding carboxylic acids is 2. The van der Waals surface area contributed by atoms with E-state index in [2.05, 4.69) is 26.3 Å². The van der Waals surface area contributed by atoms with Crippen molar-refractivity contribution in [1.29, 1.82) is 0 Å². The highest BCUT2D eigenvalue weighted by Gasteiger charge is 2.38. The first-order valence-corrected chi connectivity index (χ1v) is 11.9. The summed E-state index contributed by atoms with van der Waals surface area (Å²) >= 11 is 5.91. The summed E-state index contributed by atoms with van der Waals surface area (Å²) in [4.78, 5) is 39.6. The highest BCUT2D eigenvalue weighted by Crippen LogP contribution is 2.40. The van der Waals surface area contributed by atoms with Gasteiger partial charge in [0.1, 0.15) is 16.6 Å². The Morgan fingerprint density at radius 1 is 1.15 bits per heavy atom. The van der Waals surface area contributed by atoms with Gasteiger partial charge < -0.3 is 15.2 Å². The quantitative estimate of drug-likeness (QED) is 0.545. The molecule has 1 aliphatic carbocycles. The van der Waals surface area contributed by atoms with Gasteiger partial charge in [0.25, 0.3) is 5.91 Å². The fourth-order valence-corrected chi connectivity index (χ4v) is 5.25. The molecule has 1 saturated heterocycles. The van der Waals surface area contributed by atoms with Crippen LogP contribution in [-0.4, -0.2) is 43.7 Å². The molecule has 7 nitrogen and oxygen atoms in total. The fourth-order valence-electron chi connectivity index (χ4n) is 5.14. The van der Waals surface area contributed by atoms with Crippen molar-refractivity contribution in [2.24, 2.45) is 5.92 Å². The van der Waals surface area contributed by atoms with Gasteiger partial charge in [0.05, 0.1) is 11.6 Å². The summed E-state index contributed by atoms with van der Waals surface area (Å²) in [6.07, 6.45) is 11.3. The number of rotatable bonds is 4. The van der Waals surface area contributed by atoms with Crippen molar-refractivity contribution >= 4 is 45.8 Å². The summed E-state index contributed by atoms with van der Waals surface area (Å²) in [5, 5.41) is 4.40. The van der Waals surface area contributed by atoms with Gasteiger partial charge in [-0.2, -0.15) is 0 Å². The number of fused-ring (bicyclic) bond motifs is 3. The molecule has 0 spiro atoms. The van der Waals surface area contributed by atoms with Crippen LogP contribution < -0.4 is 5.32 Å². The third-order valence-electron chi connectivity index (χ3n) is 6.92. The van der Waals surface area contributed by atoms with Crippen molar-refractivity contribution in [3.63, 3.8) is 0 Å². The molecule has 0 radical (unpaired) electrons. The molecule has 0 aromatic carbocycles. The summed E-state index contributed by atoms with van der Waals surface area (Å²) in [5.74, 6) is 0.740. The molecule has 3 aromatic heterocycles. The largest absolute Gasteiger partial charge is 0.346 e. The molecule has 3 aromatic rings. The van der Waals surface area contributed by atoms with Crippen LogP contribution in [0.2, 0.25) is 5.15 Å². The molecule has 2 unspecified atom stereocenters. The van der Waals surface area contributed by atoms with Crippen molar-refractivity contribution < 1.29 is 9.59 Å². The highest BCUT2D eigenvalue weighted by molar-refractivity contribution is 6.29. The molecule has 2 amide bonds. The van der Waals surface area contributed by atoms with Crippen LogP contribution in [0.15, 0.2) is 42.7 Å². The minimum Gasteiger partial charge on any atom is -0.346 e. The number of halogens is 1. The lowest BCUT2D eigenvalue weighted by Gasteiger charge is -2.45. The van der Waals surface area contributed by atoms with Crippen molar-refractivity contribution in [3.8, 4) is 0 Å². The molecule has 168 valence electrons. The number of anilines is 1. The Morgan fingerprint density at radius 2 is 2.03 bits per heavy atom. The first-order valence-electron chi connectivity index (χ1n) is 11.5. The van der Waals surface area contributed by atoms with Crippen LogP contribution in [0.25, 0.3) is 16.6 Å². The highest BCUT2D eigenvalue weighted by atomic mass is 35.5. The van der Waals surface area contributed by atoms with Gasteiger partial charge in [-0.05, 0) is 73.9 Å². The second-order valence-corrected chi connectivity index (χ2v) is 9.58. The van der Waals surface area contributed by atoms with Crippen LogP contribution in [0.4, 0.5) is 5.82 Å². The van der Waals surface area contributed by atoms with Crippen molar-refractivity contribution in [2.45, 2.75) is 50.6 Å². The molecular weight excluding hydrogens is 438 g/mol. The van der Waals surface area contributed by atoms with E-state index in [1.165, 1.54) is 5.57 Å². The second kappa shape index (κ2) is 7.99. The number of nitrogens with zero attached hydrogens (tertiary/aromatic N) is 3. The summed E-state index contributed by atoms with van der Waals surface area (Å²) in [6, 6.07) is 7.57. The fraction of sp³-hybridized carbons (Fsp3) is 0.360. The first kappa shape index (κ1) is 20.4. The normalized spacial score (nSPS) is 22.2. The monoisotopic (exact) mass is 461 g/mol. The zero-order chi connectivity index (χ0) is 22.5. The summed E-state index contributed by atoms with van der Waals surface area (Å²) in [6.45, 7) is 0. The van der Waals surface area contributed by atoms with Crippen molar-refractivity contribution in [3.05, 3.63) is 59.0 Å². The number of H-pyrrole nitrogens is 1. The average Bonchev–Trinajstić information content (AvgIpc) is 3.56. The van der Waals surface area contributed by atoms with Crippen LogP contribution in [0.5, 0.6) is 0 Å². The van der Waals surface area contributed by atoms with Gasteiger partial charge in [0, 0.05) is 29.7 Å². The number of hydrogen-bond acceptors (Lipinski definition) is 4. The Hall–Kier alpha value is -3.19. The van der Waals surface area contributed by atoms with Gasteiger partial charge in [-0.15, -0.1) is 0 Å². The molecule has 2 aliphatic heterocycles. The zero-order valence-corrected chi connectivity index (χ0v) is 18.8. The minimum absolute atomic E-state index is 0.00284. The number of carbonyl (C=O) groups is 2. The van der Waals surface area contributed by atoms with Gasteiger partial charge in [-0.3, -0.25) is 9.59 Å². The lowest BCUT2D eigenvalue weighted by atomic mass is 9.82. The molecule has 33 heavy (non-hydrogen) atoms. The summed E-state index contributed by atoms with van der Waals surface area (Å²) in [7, 11) is 0. The lowest BCUT2D eigenvalue weighted by molar-refractivity contribution is -0.117. The maximum Gasteiger partial charge on any atom is 0.256 e. The topological polar surface area (TPSA) is 91.0 Å². The number of nitrogens with one attached hydrogen (secondary N) is 2. The average molecular weight is 462 g/mol. The summed E-state index contributed by atoms with van der Waals surface area (Å²) in [5.41, 5.74) is 3.60. The van der Waals surface area contributed by atoms with Gasteiger partial charge in [-0.25, -0.2) is 9.97 Å². The Bertz CT molecular complexity index is 1280. The molecule has 2 fully saturated rings. The SMILES string of the molecule is O=C(Nc1cc(C2=CC3CCCC(C2)N3C(=O)c2ccc(Cl)nc2)c2cc[nH]c2n1)C1CC1. The first-order chi connectivity index (χ1) is 16.1. The maximum atomic E-state index is 13.3. The number of hydrogen-bond donors (Lipinski definition) is 2. The van der Waals surface area contributed by atoms with Gasteiger partial charge in [-0.1, -0.05) is 17.7 Å². The predicted octanol–water partition coefficient (Wildman–Crippen LogP) is 4.81. The van der Waals surface area contributed by atoms with E-state index in [4.69, 9.17) is 11.6 Å². The van der Waals surface area contributed by atoms with Crippen molar-refractivity contribution in [2.75, 3.05) is 5.32 Å². The Morgan fingerprint density at radius 3 is 2.79 bits per heavy atom. The number of amides is 2. The van der Waals surface area contributed by atoms with Crippen molar-refractivity contribution in [1.82, 2.24) is 19.9 Å². The van der Waals surface area contributed by atoms with Crippen LogP contribution >= 0.6 is 11.6 Å².